The zero-order valence-electron chi connectivity index (χ0n) is 22.3. The van der Waals surface area contributed by atoms with Gasteiger partial charge >= 0.3 is 5.97 Å². The van der Waals surface area contributed by atoms with Gasteiger partial charge in [0, 0.05) is 6.54 Å². The van der Waals surface area contributed by atoms with Gasteiger partial charge in [0.15, 0.2) is 11.5 Å². The third-order valence-corrected chi connectivity index (χ3v) is 6.11. The molecule has 0 fully saturated rings. The number of benzene rings is 2. The number of amides is 1. The highest BCUT2D eigenvalue weighted by molar-refractivity contribution is 5.83. The number of hydrogen-bond acceptors (Lipinski definition) is 8. The molecule has 2 aromatic rings. The van der Waals surface area contributed by atoms with Gasteiger partial charge in [0.1, 0.15) is 12.1 Å². The average Bonchev–Trinajstić information content (AvgIpc) is 2.86. The van der Waals surface area contributed by atoms with Crippen LogP contribution >= 0.6 is 0 Å². The molecule has 1 amide bonds. The Labute approximate surface area is 218 Å². The summed E-state index contributed by atoms with van der Waals surface area (Å²) in [7, 11) is 4.46. The van der Waals surface area contributed by atoms with E-state index >= 15 is 0 Å². The average molecular weight is 518 g/mol. The second-order valence-electron chi connectivity index (χ2n) is 9.87. The monoisotopic (exact) mass is 517 g/mol. The molecule has 204 valence electrons. The molecule has 0 heterocycles. The van der Waals surface area contributed by atoms with Crippen LogP contribution in [0.15, 0.2) is 42.5 Å². The van der Waals surface area contributed by atoms with Crippen LogP contribution in [0, 0.1) is 5.41 Å². The fourth-order valence-corrected chi connectivity index (χ4v) is 3.84. The Morgan fingerprint density at radius 1 is 0.973 bits per heavy atom. The fraction of sp³-hybridized carbons (Fsp3) is 0.481. The minimum Gasteiger partial charge on any atom is -0.493 e. The van der Waals surface area contributed by atoms with Gasteiger partial charge in [-0.15, -0.1) is 0 Å². The van der Waals surface area contributed by atoms with Crippen LogP contribution in [0.2, 0.25) is 0 Å². The largest absolute Gasteiger partial charge is 0.493 e. The van der Waals surface area contributed by atoms with E-state index in [1.54, 1.807) is 12.1 Å². The summed E-state index contributed by atoms with van der Waals surface area (Å²) in [6, 6.07) is 9.39. The van der Waals surface area contributed by atoms with Gasteiger partial charge in [-0.25, -0.2) is 0 Å². The molecule has 0 aliphatic carbocycles. The number of ether oxygens (including phenoxy) is 3. The van der Waals surface area contributed by atoms with E-state index in [0.29, 0.717) is 22.8 Å². The number of aliphatic hydroxyl groups is 1. The van der Waals surface area contributed by atoms with Gasteiger partial charge < -0.3 is 35.5 Å². The van der Waals surface area contributed by atoms with Crippen LogP contribution in [-0.2, 0) is 22.6 Å². The van der Waals surface area contributed by atoms with Gasteiger partial charge in [0.25, 0.3) is 0 Å². The molecule has 0 aliphatic rings. The molecule has 6 N–H and O–H groups in total. The summed E-state index contributed by atoms with van der Waals surface area (Å²) in [4.78, 5) is 25.1. The number of hydrogen-bond donors (Lipinski definition) is 5. The van der Waals surface area contributed by atoms with Crippen LogP contribution in [0.25, 0.3) is 0 Å². The lowest BCUT2D eigenvalue weighted by Gasteiger charge is -2.32. The van der Waals surface area contributed by atoms with Crippen molar-refractivity contribution >= 4 is 11.9 Å². The van der Waals surface area contributed by atoms with Crippen LogP contribution in [0.5, 0.6) is 17.2 Å². The van der Waals surface area contributed by atoms with E-state index in [2.05, 4.69) is 10.6 Å². The standard InChI is InChI=1S/C27H39N3O7/c1-27(2,3)24(28)25(32)30-18(12-16-10-8-7-9-11-16)22(31)21(26(33)34)29-15-17-13-19(35-4)23(37-6)20(14-17)36-5/h7-11,13-14,18,21-22,24,29,31H,12,15,28H2,1-6H3,(H,30,32)(H,33,34)/t18-,21+,22+,24+/m0/s1. The molecule has 0 bridgehead atoms. The highest BCUT2D eigenvalue weighted by Crippen LogP contribution is 2.38. The molecular formula is C27H39N3O7. The van der Waals surface area contributed by atoms with E-state index in [1.165, 1.54) is 21.3 Å². The zero-order valence-corrected chi connectivity index (χ0v) is 22.3. The summed E-state index contributed by atoms with van der Waals surface area (Å²) in [5.41, 5.74) is 7.07. The Morgan fingerprint density at radius 2 is 1.54 bits per heavy atom. The number of nitrogens with two attached hydrogens (primary N) is 1. The Kier molecular flexibility index (Phi) is 10.7. The van der Waals surface area contributed by atoms with Gasteiger partial charge in [-0.3, -0.25) is 14.9 Å². The second kappa shape index (κ2) is 13.3. The Balaban J connectivity index is 2.30. The maximum absolute atomic E-state index is 12.9. The molecule has 10 heteroatoms. The number of carbonyl (C=O) groups excluding carboxylic acids is 1. The summed E-state index contributed by atoms with van der Waals surface area (Å²) < 4.78 is 16.1. The smallest absolute Gasteiger partial charge is 0.323 e. The highest BCUT2D eigenvalue weighted by Gasteiger charge is 2.36. The van der Waals surface area contributed by atoms with Crippen LogP contribution < -0.4 is 30.6 Å². The summed E-state index contributed by atoms with van der Waals surface area (Å²) in [5, 5.41) is 26.9. The van der Waals surface area contributed by atoms with E-state index in [-0.39, 0.29) is 13.0 Å². The topological polar surface area (TPSA) is 152 Å². The first-order chi connectivity index (χ1) is 17.4. The van der Waals surface area contributed by atoms with Gasteiger partial charge in [-0.2, -0.15) is 0 Å². The van der Waals surface area contributed by atoms with E-state index in [9.17, 15) is 19.8 Å². The first-order valence-corrected chi connectivity index (χ1v) is 12.0. The lowest BCUT2D eigenvalue weighted by Crippen LogP contribution is -2.60. The van der Waals surface area contributed by atoms with Crippen LogP contribution in [-0.4, -0.2) is 67.6 Å². The first kappa shape index (κ1) is 29.9. The molecule has 4 atom stereocenters. The van der Waals surface area contributed by atoms with E-state index in [4.69, 9.17) is 19.9 Å². The predicted molar refractivity (Wildman–Crippen MR) is 140 cm³/mol. The molecule has 37 heavy (non-hydrogen) atoms. The fourth-order valence-electron chi connectivity index (χ4n) is 3.84. The van der Waals surface area contributed by atoms with Gasteiger partial charge in [-0.1, -0.05) is 51.1 Å². The predicted octanol–water partition coefficient (Wildman–Crippen LogP) is 1.72. The number of carbonyl (C=O) groups is 2. The number of carboxylic acids is 1. The summed E-state index contributed by atoms with van der Waals surface area (Å²) >= 11 is 0. The van der Waals surface area contributed by atoms with Gasteiger partial charge in [0.05, 0.1) is 33.4 Å². The van der Waals surface area contributed by atoms with Crippen LogP contribution in [0.1, 0.15) is 31.9 Å². The van der Waals surface area contributed by atoms with Crippen molar-refractivity contribution in [2.75, 3.05) is 21.3 Å². The van der Waals surface area contributed by atoms with Crippen molar-refractivity contribution in [2.45, 2.75) is 58.0 Å². The minimum atomic E-state index is -1.48. The van der Waals surface area contributed by atoms with Crippen LogP contribution in [0.4, 0.5) is 0 Å². The Bertz CT molecular complexity index is 1020. The molecule has 0 spiro atoms. The second-order valence-corrected chi connectivity index (χ2v) is 9.87. The first-order valence-electron chi connectivity index (χ1n) is 12.0. The van der Waals surface area contributed by atoms with E-state index < -0.39 is 41.5 Å². The molecule has 2 rings (SSSR count). The summed E-state index contributed by atoms with van der Waals surface area (Å²) in [6.07, 6.45) is -1.27. The van der Waals surface area contributed by atoms with Gasteiger partial charge in [0.2, 0.25) is 11.7 Å². The van der Waals surface area contributed by atoms with Crippen molar-refractivity contribution in [3.63, 3.8) is 0 Å². The molecule has 0 aliphatic heterocycles. The SMILES string of the molecule is COc1cc(CN[C@@H](C(=O)O)[C@H](O)[C@H](Cc2ccccc2)NC(=O)[C@@H](N)C(C)(C)C)cc(OC)c1OC. The Hall–Kier alpha value is -3.34. The zero-order chi connectivity index (χ0) is 27.8. The molecule has 2 aromatic carbocycles. The molecular weight excluding hydrogens is 478 g/mol. The molecule has 10 nitrogen and oxygen atoms in total. The molecule has 0 saturated heterocycles. The van der Waals surface area contributed by atoms with Crippen molar-refractivity contribution in [2.24, 2.45) is 11.1 Å². The molecule has 0 aromatic heterocycles. The van der Waals surface area contributed by atoms with Gasteiger partial charge in [-0.05, 0) is 35.1 Å². The number of rotatable bonds is 13. The number of methoxy groups -OCH3 is 3. The normalized spacial score (nSPS) is 14.7. The molecule has 0 saturated carbocycles. The van der Waals surface area contributed by atoms with Crippen molar-refractivity contribution in [3.05, 3.63) is 53.6 Å². The summed E-state index contributed by atoms with van der Waals surface area (Å²) in [5.74, 6) is -0.508. The third kappa shape index (κ3) is 8.08. The quantitative estimate of drug-likeness (QED) is 0.267. The lowest BCUT2D eigenvalue weighted by atomic mass is 9.86. The maximum Gasteiger partial charge on any atom is 0.323 e. The van der Waals surface area contributed by atoms with Crippen molar-refractivity contribution in [1.29, 1.82) is 0 Å². The molecule has 0 unspecified atom stereocenters. The Morgan fingerprint density at radius 3 is 2.00 bits per heavy atom. The van der Waals surface area contributed by atoms with E-state index in [0.717, 1.165) is 5.56 Å². The minimum absolute atomic E-state index is 0.0677. The number of nitrogens with one attached hydrogen (secondary N) is 2. The number of carboxylic acid groups (broad SMARTS) is 1. The summed E-state index contributed by atoms with van der Waals surface area (Å²) in [6.45, 7) is 5.56. The number of aliphatic carboxylic acids is 1. The number of aliphatic hydroxyl groups excluding tert-OH is 1. The lowest BCUT2D eigenvalue weighted by molar-refractivity contribution is -0.144. The van der Waals surface area contributed by atoms with Crippen molar-refractivity contribution in [1.82, 2.24) is 10.6 Å². The van der Waals surface area contributed by atoms with E-state index in [1.807, 2.05) is 51.1 Å². The van der Waals surface area contributed by atoms with Crippen molar-refractivity contribution < 1.29 is 34.0 Å². The highest BCUT2D eigenvalue weighted by atomic mass is 16.5. The van der Waals surface area contributed by atoms with Crippen LogP contribution in [0.3, 0.4) is 0 Å². The maximum atomic E-state index is 12.9. The third-order valence-electron chi connectivity index (χ3n) is 6.11. The van der Waals surface area contributed by atoms with Crippen molar-refractivity contribution in [3.8, 4) is 17.2 Å². The molecule has 0 radical (unpaired) electrons.